The van der Waals surface area contributed by atoms with Gasteiger partial charge in [-0.3, -0.25) is 14.6 Å². The molecule has 1 aliphatic heterocycles. The number of aliphatic imine (C=N–C) groups is 1. The first-order valence-electron chi connectivity index (χ1n) is 15.3. The Labute approximate surface area is 242 Å². The Balaban J connectivity index is 1.57. The third-order valence-corrected chi connectivity index (χ3v) is 8.79. The van der Waals surface area contributed by atoms with Gasteiger partial charge in [0.05, 0.1) is 12.2 Å². The first kappa shape index (κ1) is 31.8. The molecule has 0 aromatic heterocycles. The Kier molecular flexibility index (Phi) is 11.7. The Morgan fingerprint density at radius 2 is 1.85 bits per heavy atom. The van der Waals surface area contributed by atoms with Gasteiger partial charge in [-0.05, 0) is 107 Å². The van der Waals surface area contributed by atoms with E-state index in [2.05, 4.69) is 50.9 Å². The summed E-state index contributed by atoms with van der Waals surface area (Å²) in [7, 11) is 0. The van der Waals surface area contributed by atoms with Crippen molar-refractivity contribution in [2.24, 2.45) is 10.7 Å². The molecule has 1 saturated carbocycles. The summed E-state index contributed by atoms with van der Waals surface area (Å²) in [6, 6.07) is 6.70. The molecule has 40 heavy (non-hydrogen) atoms. The van der Waals surface area contributed by atoms with Gasteiger partial charge in [0.25, 0.3) is 5.91 Å². The number of ketones is 1. The molecular weight excluding hydrogens is 498 g/mol. The smallest absolute Gasteiger partial charge is 0.270 e. The molecule has 0 bridgehead atoms. The maximum atomic E-state index is 13.1. The largest absolute Gasteiger partial charge is 0.394 e. The number of hydrogen-bond acceptors (Lipinski definition) is 5. The molecule has 0 spiro atoms. The fourth-order valence-electron chi connectivity index (χ4n) is 6.58. The van der Waals surface area contributed by atoms with E-state index in [1.54, 1.807) is 11.0 Å². The molecule has 1 unspecified atom stereocenters. The second-order valence-electron chi connectivity index (χ2n) is 11.9. The van der Waals surface area contributed by atoms with E-state index in [0.717, 1.165) is 62.7 Å². The fourth-order valence-corrected chi connectivity index (χ4v) is 6.58. The molecule has 3 atom stereocenters. The average molecular weight is 550 g/mol. The number of nitrogens with two attached hydrogens (primary N) is 1. The molecule has 0 radical (unpaired) electrons. The molecule has 1 heterocycles. The number of amides is 1. The summed E-state index contributed by atoms with van der Waals surface area (Å²) in [6.07, 6.45) is 12.5. The lowest BCUT2D eigenvalue weighted by Gasteiger charge is -2.35. The van der Waals surface area contributed by atoms with Crippen molar-refractivity contribution in [2.75, 3.05) is 19.6 Å². The van der Waals surface area contributed by atoms with Gasteiger partial charge in [0, 0.05) is 24.4 Å². The van der Waals surface area contributed by atoms with Crippen LogP contribution in [-0.2, 0) is 19.7 Å². The lowest BCUT2D eigenvalue weighted by Crippen LogP contribution is -2.49. The highest BCUT2D eigenvalue weighted by molar-refractivity contribution is 6.09. The Morgan fingerprint density at radius 3 is 2.52 bits per heavy atom. The molecule has 6 nitrogen and oxygen atoms in total. The molecule has 1 aromatic carbocycles. The summed E-state index contributed by atoms with van der Waals surface area (Å²) in [5, 5.41) is 0. The zero-order valence-electron chi connectivity index (χ0n) is 25.7. The van der Waals surface area contributed by atoms with Gasteiger partial charge in [-0.25, -0.2) is 0 Å². The summed E-state index contributed by atoms with van der Waals surface area (Å²) >= 11 is 0. The van der Waals surface area contributed by atoms with E-state index < -0.39 is 0 Å². The highest BCUT2D eigenvalue weighted by Crippen LogP contribution is 2.40. The number of benzene rings is 1. The van der Waals surface area contributed by atoms with Gasteiger partial charge in [0.15, 0.2) is 5.78 Å². The first-order chi connectivity index (χ1) is 19.1. The van der Waals surface area contributed by atoms with Crippen molar-refractivity contribution in [2.45, 2.75) is 117 Å². The normalized spacial score (nSPS) is 23.6. The number of hydrogen-bond donors (Lipinski definition) is 1. The van der Waals surface area contributed by atoms with Crippen LogP contribution in [0.15, 0.2) is 46.6 Å². The second kappa shape index (κ2) is 14.8. The van der Waals surface area contributed by atoms with Gasteiger partial charge < -0.3 is 15.4 Å². The monoisotopic (exact) mass is 549 g/mol. The summed E-state index contributed by atoms with van der Waals surface area (Å²) in [6.45, 7) is 14.1. The Morgan fingerprint density at radius 1 is 1.12 bits per heavy atom. The molecule has 1 amide bonds. The second-order valence-corrected chi connectivity index (χ2v) is 11.9. The molecule has 2 aliphatic rings. The lowest BCUT2D eigenvalue weighted by atomic mass is 9.69. The van der Waals surface area contributed by atoms with Gasteiger partial charge in [-0.2, -0.15) is 0 Å². The van der Waals surface area contributed by atoms with Crippen molar-refractivity contribution >= 4 is 17.4 Å². The summed E-state index contributed by atoms with van der Waals surface area (Å²) in [5.74, 6) is -0.158. The summed E-state index contributed by atoms with van der Waals surface area (Å²) in [5.41, 5.74) is 12.7. The topological polar surface area (TPSA) is 85.0 Å². The van der Waals surface area contributed by atoms with Crippen LogP contribution in [0.5, 0.6) is 0 Å². The van der Waals surface area contributed by atoms with Crippen LogP contribution in [0.2, 0.25) is 0 Å². The number of ether oxygens (including phenoxy) is 1. The van der Waals surface area contributed by atoms with Gasteiger partial charge in [-0.1, -0.05) is 44.5 Å². The van der Waals surface area contributed by atoms with Crippen molar-refractivity contribution in [3.05, 3.63) is 58.3 Å². The predicted molar refractivity (Wildman–Crippen MR) is 165 cm³/mol. The number of unbranched alkanes of at least 4 members (excludes halogenated alkanes) is 1. The van der Waals surface area contributed by atoms with Crippen molar-refractivity contribution in [1.82, 2.24) is 4.90 Å². The van der Waals surface area contributed by atoms with Crippen molar-refractivity contribution in [3.8, 4) is 0 Å². The minimum Gasteiger partial charge on any atom is -0.394 e. The maximum Gasteiger partial charge on any atom is 0.270 e. The number of nitrogens with zero attached hydrogens (tertiary/aromatic N) is 2. The summed E-state index contributed by atoms with van der Waals surface area (Å²) < 4.78 is 5.75. The van der Waals surface area contributed by atoms with E-state index >= 15 is 0 Å². The standard InChI is InChI=1S/C34H51N3O3/c1-7-19-34(8-2,30-17-12-14-24(3)27(30)6)20-11-9-10-15-28(38)21-36-31-18-13-16-29(31)32(35)33(39)37-22-25(4)40-26(5)23-37/h10,12,14-15,17,25-26H,7-9,11,13,16,18-23,35H2,1-6H3/b15-10+,32-29-,36-31?/t25-,26+,34?. The van der Waals surface area contributed by atoms with Crippen LogP contribution in [-0.4, -0.2) is 54.1 Å². The third-order valence-electron chi connectivity index (χ3n) is 8.79. The Bertz CT molecular complexity index is 1130. The zero-order valence-corrected chi connectivity index (χ0v) is 25.7. The first-order valence-corrected chi connectivity index (χ1v) is 15.3. The number of rotatable bonds is 12. The van der Waals surface area contributed by atoms with Crippen LogP contribution in [0.25, 0.3) is 0 Å². The van der Waals surface area contributed by atoms with Crippen molar-refractivity contribution < 1.29 is 14.3 Å². The molecule has 6 heteroatoms. The van der Waals surface area contributed by atoms with Gasteiger partial charge >= 0.3 is 0 Å². The maximum absolute atomic E-state index is 13.1. The van der Waals surface area contributed by atoms with E-state index in [4.69, 9.17) is 10.5 Å². The summed E-state index contributed by atoms with van der Waals surface area (Å²) in [4.78, 5) is 32.1. The van der Waals surface area contributed by atoms with Gasteiger partial charge in [0.2, 0.25) is 0 Å². The third kappa shape index (κ3) is 7.93. The fraction of sp³-hybridized carbons (Fsp3) is 0.618. The number of aryl methyl sites for hydroxylation is 1. The van der Waals surface area contributed by atoms with E-state index in [1.165, 1.54) is 23.1 Å². The number of carbonyl (C=O) groups is 2. The highest BCUT2D eigenvalue weighted by Gasteiger charge is 2.31. The number of morpholine rings is 1. The van der Waals surface area contributed by atoms with Crippen LogP contribution in [0, 0.1) is 13.8 Å². The molecule has 2 fully saturated rings. The minimum absolute atomic E-state index is 0.00989. The van der Waals surface area contributed by atoms with Gasteiger partial charge in [-0.15, -0.1) is 0 Å². The minimum atomic E-state index is -0.148. The van der Waals surface area contributed by atoms with Gasteiger partial charge in [0.1, 0.15) is 12.2 Å². The number of allylic oxidation sites excluding steroid dienone is 2. The molecule has 220 valence electrons. The molecule has 1 saturated heterocycles. The lowest BCUT2D eigenvalue weighted by molar-refractivity contribution is -0.139. The van der Waals surface area contributed by atoms with Crippen LogP contribution in [0.4, 0.5) is 0 Å². The zero-order chi connectivity index (χ0) is 29.3. The highest BCUT2D eigenvalue weighted by atomic mass is 16.5. The van der Waals surface area contributed by atoms with E-state index in [0.29, 0.717) is 13.1 Å². The van der Waals surface area contributed by atoms with E-state index in [1.807, 2.05) is 19.9 Å². The predicted octanol–water partition coefficient (Wildman–Crippen LogP) is 6.52. The van der Waals surface area contributed by atoms with E-state index in [9.17, 15) is 9.59 Å². The Hall–Kier alpha value is -2.73. The molecule has 1 aromatic rings. The van der Waals surface area contributed by atoms with Crippen molar-refractivity contribution in [1.29, 1.82) is 0 Å². The van der Waals surface area contributed by atoms with E-state index in [-0.39, 0.29) is 41.6 Å². The SMILES string of the molecule is CCCC(CC)(CCC/C=C/C(=O)CN=C1CCC/C1=C(/N)C(=O)N1C[C@@H](C)O[C@@H](C)C1)c1cccc(C)c1C. The van der Waals surface area contributed by atoms with Crippen LogP contribution in [0.3, 0.4) is 0 Å². The van der Waals surface area contributed by atoms with Crippen LogP contribution >= 0.6 is 0 Å². The quantitative estimate of drug-likeness (QED) is 0.238. The molecule has 1 aliphatic carbocycles. The van der Waals surface area contributed by atoms with Crippen LogP contribution < -0.4 is 5.73 Å². The molecule has 3 rings (SSSR count). The number of carbonyl (C=O) groups excluding carboxylic acids is 2. The molecule has 2 N–H and O–H groups in total. The molecular formula is C34H51N3O3. The van der Waals surface area contributed by atoms with Crippen LogP contribution in [0.1, 0.15) is 102 Å². The average Bonchev–Trinajstić information content (AvgIpc) is 3.40. The van der Waals surface area contributed by atoms with Crippen molar-refractivity contribution in [3.63, 3.8) is 0 Å².